The number of imide groups is 1. The van der Waals surface area contributed by atoms with Gasteiger partial charge < -0.3 is 10.2 Å². The summed E-state index contributed by atoms with van der Waals surface area (Å²) < 4.78 is 0. The first kappa shape index (κ1) is 20.4. The number of carbonyl (C=O) groups is 3. The van der Waals surface area contributed by atoms with Gasteiger partial charge in [-0.1, -0.05) is 12.8 Å². The van der Waals surface area contributed by atoms with Crippen LogP contribution < -0.4 is 10.2 Å². The van der Waals surface area contributed by atoms with Crippen LogP contribution in [-0.2, 0) is 14.4 Å². The monoisotopic (exact) mass is 385 g/mol. The second-order valence-electron chi connectivity index (χ2n) is 8.05. The van der Waals surface area contributed by atoms with Gasteiger partial charge in [0.05, 0.1) is 11.8 Å². The Bertz CT molecular complexity index is 705. The van der Waals surface area contributed by atoms with Crippen LogP contribution in [0.4, 0.5) is 11.4 Å². The van der Waals surface area contributed by atoms with Crippen LogP contribution in [0.15, 0.2) is 24.3 Å². The lowest BCUT2D eigenvalue weighted by Crippen LogP contribution is -2.34. The van der Waals surface area contributed by atoms with E-state index in [4.69, 9.17) is 0 Å². The van der Waals surface area contributed by atoms with Gasteiger partial charge in [-0.25, -0.2) is 0 Å². The highest BCUT2D eigenvalue weighted by Gasteiger charge is 2.47. The summed E-state index contributed by atoms with van der Waals surface area (Å²) in [6.07, 6.45) is 3.75. The summed E-state index contributed by atoms with van der Waals surface area (Å²) in [5.41, 5.74) is 1.84. The van der Waals surface area contributed by atoms with Crippen molar-refractivity contribution >= 4 is 29.1 Å². The summed E-state index contributed by atoms with van der Waals surface area (Å²) in [4.78, 5) is 40.8. The first-order valence-electron chi connectivity index (χ1n) is 10.4. The number of carbonyl (C=O) groups excluding carboxylic acids is 3. The minimum Gasteiger partial charge on any atom is -0.369 e. The van der Waals surface area contributed by atoms with Crippen LogP contribution in [0.25, 0.3) is 0 Å². The van der Waals surface area contributed by atoms with E-state index in [9.17, 15) is 14.4 Å². The van der Waals surface area contributed by atoms with E-state index in [0.29, 0.717) is 6.04 Å². The van der Waals surface area contributed by atoms with Crippen molar-refractivity contribution < 1.29 is 14.4 Å². The van der Waals surface area contributed by atoms with E-state index in [-0.39, 0.29) is 42.5 Å². The number of amides is 3. The van der Waals surface area contributed by atoms with E-state index in [1.54, 1.807) is 0 Å². The minimum absolute atomic E-state index is 0.0832. The molecule has 0 radical (unpaired) electrons. The predicted molar refractivity (Wildman–Crippen MR) is 110 cm³/mol. The Kier molecular flexibility index (Phi) is 6.37. The van der Waals surface area contributed by atoms with Crippen molar-refractivity contribution in [3.05, 3.63) is 24.3 Å². The highest BCUT2D eigenvalue weighted by Crippen LogP contribution is 2.38. The van der Waals surface area contributed by atoms with Gasteiger partial charge in [0.1, 0.15) is 0 Å². The summed E-state index contributed by atoms with van der Waals surface area (Å²) in [7, 11) is 0. The number of benzene rings is 1. The van der Waals surface area contributed by atoms with Gasteiger partial charge >= 0.3 is 0 Å². The number of hydrogen-bond acceptors (Lipinski definition) is 4. The molecule has 1 heterocycles. The van der Waals surface area contributed by atoms with Crippen LogP contribution in [0, 0.1) is 11.8 Å². The van der Waals surface area contributed by atoms with Crippen molar-refractivity contribution in [3.63, 3.8) is 0 Å². The molecule has 1 aromatic rings. The lowest BCUT2D eigenvalue weighted by Gasteiger charge is -2.27. The average Bonchev–Trinajstić information content (AvgIpc) is 2.92. The number of rotatable bonds is 7. The van der Waals surface area contributed by atoms with E-state index in [0.717, 1.165) is 43.6 Å². The quantitative estimate of drug-likeness (QED) is 0.730. The van der Waals surface area contributed by atoms with E-state index in [1.807, 2.05) is 24.3 Å². The Hall–Kier alpha value is -2.37. The Labute approximate surface area is 167 Å². The number of nitrogens with one attached hydrogen (secondary N) is 1. The van der Waals surface area contributed by atoms with Crippen LogP contribution >= 0.6 is 0 Å². The van der Waals surface area contributed by atoms with Gasteiger partial charge in [0, 0.05) is 36.9 Å². The molecule has 1 aliphatic carbocycles. The van der Waals surface area contributed by atoms with Gasteiger partial charge in [-0.05, 0) is 57.9 Å². The fourth-order valence-corrected chi connectivity index (χ4v) is 4.47. The van der Waals surface area contributed by atoms with Crippen molar-refractivity contribution in [2.24, 2.45) is 11.8 Å². The highest BCUT2D eigenvalue weighted by molar-refractivity contribution is 6.05. The molecule has 1 aromatic carbocycles. The maximum Gasteiger partial charge on any atom is 0.233 e. The predicted octanol–water partition coefficient (Wildman–Crippen LogP) is 3.43. The summed E-state index contributed by atoms with van der Waals surface area (Å²) in [5.74, 6) is -0.654. The topological polar surface area (TPSA) is 69.7 Å². The molecule has 2 aliphatic rings. The standard InChI is InChI=1S/C22H31N3O3/c1-4-24(15(2)3)17-11-9-16(10-12-17)23-20(26)13-14-25-21(27)18-7-5-6-8-19(18)22(25)28/h9-12,15,18-19H,4-8,13-14H2,1-3H3,(H,23,26). The largest absolute Gasteiger partial charge is 0.369 e. The van der Waals surface area contributed by atoms with E-state index >= 15 is 0 Å². The molecule has 2 fully saturated rings. The number of anilines is 2. The summed E-state index contributed by atoms with van der Waals surface area (Å²) in [6, 6.07) is 8.18. The molecule has 6 heteroatoms. The first-order chi connectivity index (χ1) is 13.4. The molecule has 1 saturated heterocycles. The van der Waals surface area contributed by atoms with E-state index < -0.39 is 0 Å². The first-order valence-corrected chi connectivity index (χ1v) is 10.4. The maximum atomic E-state index is 12.5. The van der Waals surface area contributed by atoms with Crippen molar-refractivity contribution in [2.75, 3.05) is 23.3 Å². The van der Waals surface area contributed by atoms with Crippen molar-refractivity contribution in [3.8, 4) is 0 Å². The lowest BCUT2D eigenvalue weighted by atomic mass is 9.81. The molecule has 1 N–H and O–H groups in total. The number of hydrogen-bond donors (Lipinski definition) is 1. The summed E-state index contributed by atoms with van der Waals surface area (Å²) in [5, 5.41) is 2.86. The van der Waals surface area contributed by atoms with Crippen molar-refractivity contribution in [1.82, 2.24) is 4.90 Å². The van der Waals surface area contributed by atoms with Gasteiger partial charge in [0.2, 0.25) is 17.7 Å². The van der Waals surface area contributed by atoms with Crippen LogP contribution in [-0.4, -0.2) is 41.8 Å². The van der Waals surface area contributed by atoms with Gasteiger partial charge in [-0.15, -0.1) is 0 Å². The fraction of sp³-hybridized carbons (Fsp3) is 0.591. The Morgan fingerprint density at radius 3 is 2.18 bits per heavy atom. The maximum absolute atomic E-state index is 12.5. The zero-order valence-corrected chi connectivity index (χ0v) is 17.1. The number of nitrogens with zero attached hydrogens (tertiary/aromatic N) is 2. The van der Waals surface area contributed by atoms with E-state index in [1.165, 1.54) is 4.90 Å². The molecule has 1 saturated carbocycles. The van der Waals surface area contributed by atoms with Crippen LogP contribution in [0.3, 0.4) is 0 Å². The normalized spacial score (nSPS) is 21.8. The minimum atomic E-state index is -0.181. The Morgan fingerprint density at radius 1 is 1.11 bits per heavy atom. The lowest BCUT2D eigenvalue weighted by molar-refractivity contribution is -0.140. The molecule has 2 unspecified atom stereocenters. The van der Waals surface area contributed by atoms with Crippen molar-refractivity contribution in [2.45, 2.75) is 58.9 Å². The molecule has 0 aromatic heterocycles. The molecule has 152 valence electrons. The third-order valence-electron chi connectivity index (χ3n) is 5.94. The van der Waals surface area contributed by atoms with Gasteiger partial charge in [0.15, 0.2) is 0 Å². The van der Waals surface area contributed by atoms with Crippen LogP contribution in [0.1, 0.15) is 52.9 Å². The highest BCUT2D eigenvalue weighted by atomic mass is 16.2. The zero-order chi connectivity index (χ0) is 20.3. The van der Waals surface area contributed by atoms with Gasteiger partial charge in [-0.3, -0.25) is 19.3 Å². The van der Waals surface area contributed by atoms with E-state index in [2.05, 4.69) is 31.0 Å². The molecule has 3 amide bonds. The van der Waals surface area contributed by atoms with Gasteiger partial charge in [-0.2, -0.15) is 0 Å². The van der Waals surface area contributed by atoms with Crippen LogP contribution in [0.5, 0.6) is 0 Å². The molecular formula is C22H31N3O3. The number of likely N-dealkylation sites (tertiary alicyclic amines) is 1. The third-order valence-corrected chi connectivity index (χ3v) is 5.94. The molecular weight excluding hydrogens is 354 g/mol. The third kappa shape index (κ3) is 4.21. The molecule has 0 bridgehead atoms. The van der Waals surface area contributed by atoms with Crippen LogP contribution in [0.2, 0.25) is 0 Å². The summed E-state index contributed by atoms with van der Waals surface area (Å²) >= 11 is 0. The smallest absolute Gasteiger partial charge is 0.233 e. The SMILES string of the molecule is CCN(c1ccc(NC(=O)CCN2C(=O)C3CCCCC3C2=O)cc1)C(C)C. The zero-order valence-electron chi connectivity index (χ0n) is 17.1. The fourth-order valence-electron chi connectivity index (χ4n) is 4.47. The molecule has 3 rings (SSSR count). The van der Waals surface area contributed by atoms with Crippen molar-refractivity contribution in [1.29, 1.82) is 0 Å². The van der Waals surface area contributed by atoms with Gasteiger partial charge in [0.25, 0.3) is 0 Å². The molecule has 1 aliphatic heterocycles. The molecule has 28 heavy (non-hydrogen) atoms. The molecule has 0 spiro atoms. The Balaban J connectivity index is 1.53. The second kappa shape index (κ2) is 8.76. The average molecular weight is 386 g/mol. The molecule has 6 nitrogen and oxygen atoms in total. The Morgan fingerprint density at radius 2 is 1.68 bits per heavy atom. The molecule has 2 atom stereocenters. The second-order valence-corrected chi connectivity index (χ2v) is 8.05. The summed E-state index contributed by atoms with van der Waals surface area (Å²) in [6.45, 7) is 7.51. The number of fused-ring (bicyclic) bond motifs is 1.